The Labute approximate surface area is 116 Å². The van der Waals surface area contributed by atoms with E-state index in [1.165, 1.54) is 26.4 Å². The van der Waals surface area contributed by atoms with E-state index >= 15 is 0 Å². The molecule has 0 aliphatic heterocycles. The number of aromatic nitrogens is 2. The summed E-state index contributed by atoms with van der Waals surface area (Å²) in [7, 11) is 1.53. The number of ether oxygens (including phenoxy) is 1. The van der Waals surface area contributed by atoms with Crippen molar-refractivity contribution in [1.82, 2.24) is 14.7 Å². The topological polar surface area (TPSA) is 75.9 Å². The molecule has 1 aliphatic rings. The summed E-state index contributed by atoms with van der Waals surface area (Å²) in [5.41, 5.74) is 0.542. The lowest BCUT2D eigenvalue weighted by molar-refractivity contribution is 0.0693. The van der Waals surface area contributed by atoms with E-state index in [9.17, 15) is 9.90 Å². The molecule has 1 fully saturated rings. The standard InChI is InChI=1S/C14H17N3O3/c1-20-10-6-3-7-17-11(8-15-9-4-2-5-9)16-12(13(10)17)14(18)19/h3,6-7,9,15H,2,4-5,8H2,1H3,(H,18,19). The first-order valence-corrected chi connectivity index (χ1v) is 6.71. The molecule has 106 valence electrons. The van der Waals surface area contributed by atoms with Crippen LogP contribution in [0, 0.1) is 0 Å². The van der Waals surface area contributed by atoms with Gasteiger partial charge in [-0.15, -0.1) is 0 Å². The smallest absolute Gasteiger partial charge is 0.356 e. The van der Waals surface area contributed by atoms with Gasteiger partial charge in [0.25, 0.3) is 0 Å². The predicted molar refractivity (Wildman–Crippen MR) is 73.2 cm³/mol. The van der Waals surface area contributed by atoms with E-state index in [0.29, 0.717) is 29.7 Å². The molecule has 6 heteroatoms. The summed E-state index contributed by atoms with van der Waals surface area (Å²) < 4.78 is 7.03. The molecule has 3 rings (SSSR count). The van der Waals surface area contributed by atoms with Gasteiger partial charge in [0, 0.05) is 12.2 Å². The van der Waals surface area contributed by atoms with Gasteiger partial charge in [-0.3, -0.25) is 4.40 Å². The van der Waals surface area contributed by atoms with Gasteiger partial charge in [-0.05, 0) is 25.0 Å². The SMILES string of the molecule is COc1cccn2c(CNC3CCC3)nc(C(=O)O)c12. The third kappa shape index (κ3) is 2.12. The molecule has 1 saturated carbocycles. The molecule has 0 radical (unpaired) electrons. The van der Waals surface area contributed by atoms with Gasteiger partial charge in [-0.1, -0.05) is 6.42 Å². The third-order valence-electron chi connectivity index (χ3n) is 3.78. The highest BCUT2D eigenvalue weighted by molar-refractivity contribution is 5.95. The van der Waals surface area contributed by atoms with Crippen LogP contribution in [0.4, 0.5) is 0 Å². The van der Waals surface area contributed by atoms with Crippen LogP contribution in [0.5, 0.6) is 5.75 Å². The summed E-state index contributed by atoms with van der Waals surface area (Å²) in [6.45, 7) is 0.562. The lowest BCUT2D eigenvalue weighted by Gasteiger charge is -2.26. The fourth-order valence-electron chi connectivity index (χ4n) is 2.46. The highest BCUT2D eigenvalue weighted by atomic mass is 16.5. The summed E-state index contributed by atoms with van der Waals surface area (Å²) in [6.07, 6.45) is 5.43. The molecule has 0 amide bonds. The zero-order valence-electron chi connectivity index (χ0n) is 11.3. The number of pyridine rings is 1. The van der Waals surface area contributed by atoms with Crippen LogP contribution in [0.15, 0.2) is 18.3 Å². The average molecular weight is 275 g/mol. The van der Waals surface area contributed by atoms with E-state index in [1.54, 1.807) is 10.5 Å². The first-order valence-electron chi connectivity index (χ1n) is 6.71. The normalized spacial score (nSPS) is 15.2. The number of methoxy groups -OCH3 is 1. The molecule has 0 atom stereocenters. The molecule has 0 saturated heterocycles. The minimum Gasteiger partial charge on any atom is -0.494 e. The molecular formula is C14H17N3O3. The monoisotopic (exact) mass is 275 g/mol. The summed E-state index contributed by atoms with van der Waals surface area (Å²) >= 11 is 0. The van der Waals surface area contributed by atoms with Gasteiger partial charge in [0.05, 0.1) is 13.7 Å². The molecule has 0 bridgehead atoms. The number of carboxylic acid groups (broad SMARTS) is 1. The molecular weight excluding hydrogens is 258 g/mol. The number of hydrogen-bond donors (Lipinski definition) is 2. The third-order valence-corrected chi connectivity index (χ3v) is 3.78. The second kappa shape index (κ2) is 5.13. The molecule has 0 unspecified atom stereocenters. The van der Waals surface area contributed by atoms with Crippen molar-refractivity contribution >= 4 is 11.5 Å². The molecule has 1 aliphatic carbocycles. The Morgan fingerprint density at radius 1 is 1.60 bits per heavy atom. The van der Waals surface area contributed by atoms with E-state index in [1.807, 2.05) is 12.3 Å². The summed E-state index contributed by atoms with van der Waals surface area (Å²) in [5.74, 6) is 0.178. The number of imidazole rings is 1. The van der Waals surface area contributed by atoms with Crippen molar-refractivity contribution in [2.45, 2.75) is 31.8 Å². The van der Waals surface area contributed by atoms with Crippen LogP contribution >= 0.6 is 0 Å². The Balaban J connectivity index is 2.01. The van der Waals surface area contributed by atoms with Gasteiger partial charge in [0.15, 0.2) is 5.69 Å². The largest absolute Gasteiger partial charge is 0.494 e. The second-order valence-electron chi connectivity index (χ2n) is 4.99. The summed E-state index contributed by atoms with van der Waals surface area (Å²) in [4.78, 5) is 15.6. The Bertz CT molecular complexity index is 646. The Morgan fingerprint density at radius 2 is 2.40 bits per heavy atom. The highest BCUT2D eigenvalue weighted by Crippen LogP contribution is 2.25. The van der Waals surface area contributed by atoms with Gasteiger partial charge in [0.2, 0.25) is 0 Å². The fraction of sp³-hybridized carbons (Fsp3) is 0.429. The minimum atomic E-state index is -1.04. The van der Waals surface area contributed by atoms with Gasteiger partial charge in [-0.25, -0.2) is 9.78 Å². The van der Waals surface area contributed by atoms with Crippen LogP contribution < -0.4 is 10.1 Å². The van der Waals surface area contributed by atoms with E-state index in [4.69, 9.17) is 4.74 Å². The number of fused-ring (bicyclic) bond motifs is 1. The van der Waals surface area contributed by atoms with Crippen LogP contribution in [-0.2, 0) is 6.54 Å². The van der Waals surface area contributed by atoms with Crippen molar-refractivity contribution in [3.8, 4) is 5.75 Å². The molecule has 2 heterocycles. The molecule has 2 aromatic heterocycles. The molecule has 6 nitrogen and oxygen atoms in total. The van der Waals surface area contributed by atoms with E-state index in [-0.39, 0.29) is 5.69 Å². The maximum absolute atomic E-state index is 11.4. The number of hydrogen-bond acceptors (Lipinski definition) is 4. The van der Waals surface area contributed by atoms with Crippen molar-refractivity contribution in [3.05, 3.63) is 29.8 Å². The van der Waals surface area contributed by atoms with Crippen LogP contribution in [0.1, 0.15) is 35.6 Å². The zero-order valence-corrected chi connectivity index (χ0v) is 11.3. The molecule has 0 aromatic carbocycles. The number of rotatable bonds is 5. The molecule has 2 N–H and O–H groups in total. The Morgan fingerprint density at radius 3 is 3.00 bits per heavy atom. The number of aromatic carboxylic acids is 1. The summed E-state index contributed by atoms with van der Waals surface area (Å²) in [5, 5.41) is 12.7. The van der Waals surface area contributed by atoms with Crippen LogP contribution in [0.3, 0.4) is 0 Å². The number of nitrogens with zero attached hydrogens (tertiary/aromatic N) is 2. The lowest BCUT2D eigenvalue weighted by atomic mass is 9.93. The van der Waals surface area contributed by atoms with Crippen LogP contribution in [0.2, 0.25) is 0 Å². The van der Waals surface area contributed by atoms with Crippen molar-refractivity contribution in [3.63, 3.8) is 0 Å². The average Bonchev–Trinajstić information content (AvgIpc) is 2.76. The zero-order chi connectivity index (χ0) is 14.1. The fourth-order valence-corrected chi connectivity index (χ4v) is 2.46. The van der Waals surface area contributed by atoms with Crippen molar-refractivity contribution < 1.29 is 14.6 Å². The number of nitrogens with one attached hydrogen (secondary N) is 1. The van der Waals surface area contributed by atoms with Crippen LogP contribution in [0.25, 0.3) is 5.52 Å². The lowest BCUT2D eigenvalue weighted by Crippen LogP contribution is -2.35. The van der Waals surface area contributed by atoms with Crippen molar-refractivity contribution in [2.24, 2.45) is 0 Å². The quantitative estimate of drug-likeness (QED) is 0.868. The van der Waals surface area contributed by atoms with E-state index in [2.05, 4.69) is 10.3 Å². The maximum Gasteiger partial charge on any atom is 0.356 e. The van der Waals surface area contributed by atoms with E-state index < -0.39 is 5.97 Å². The molecule has 0 spiro atoms. The summed E-state index contributed by atoms with van der Waals surface area (Å²) in [6, 6.07) is 4.10. The second-order valence-corrected chi connectivity index (χ2v) is 4.99. The number of carboxylic acids is 1. The first-order chi connectivity index (χ1) is 9.70. The van der Waals surface area contributed by atoms with Crippen molar-refractivity contribution in [1.29, 1.82) is 0 Å². The van der Waals surface area contributed by atoms with Gasteiger partial charge < -0.3 is 15.2 Å². The Kier molecular flexibility index (Phi) is 3.31. The molecule has 2 aromatic rings. The van der Waals surface area contributed by atoms with E-state index in [0.717, 1.165) is 0 Å². The van der Waals surface area contributed by atoms with Crippen molar-refractivity contribution in [2.75, 3.05) is 7.11 Å². The van der Waals surface area contributed by atoms with Gasteiger partial charge in [0.1, 0.15) is 17.1 Å². The molecule has 20 heavy (non-hydrogen) atoms. The maximum atomic E-state index is 11.4. The number of carbonyl (C=O) groups is 1. The van der Waals surface area contributed by atoms with Gasteiger partial charge in [-0.2, -0.15) is 0 Å². The highest BCUT2D eigenvalue weighted by Gasteiger charge is 2.22. The minimum absolute atomic E-state index is 0.0351. The predicted octanol–water partition coefficient (Wildman–Crippen LogP) is 1.68. The van der Waals surface area contributed by atoms with Gasteiger partial charge >= 0.3 is 5.97 Å². The first kappa shape index (κ1) is 12.9. The van der Waals surface area contributed by atoms with Crippen LogP contribution in [-0.4, -0.2) is 33.6 Å². The Hall–Kier alpha value is -2.08.